The first-order valence-electron chi connectivity index (χ1n) is 5.10. The molecule has 6 nitrogen and oxygen atoms in total. The van der Waals surface area contributed by atoms with Crippen LogP contribution < -0.4 is 11.1 Å². The van der Waals surface area contributed by atoms with Gasteiger partial charge >= 0.3 is 12.0 Å². The maximum atomic E-state index is 11.5. The number of amides is 2. The number of hydrogen-bond donors (Lipinski definition) is 3. The number of likely N-dealkylation sites (tertiary alicyclic amines) is 1. The Hall–Kier alpha value is -1.30. The standard InChI is InChI=1S/C9H17N3O3/c10-3-4-11-9(15)12-5-1-2-7(6-12)8(13)14/h7H,1-6,10H2,(H,11,15)(H,13,14)/t7-/m0/s1. The van der Waals surface area contributed by atoms with Crippen molar-refractivity contribution < 1.29 is 14.7 Å². The first-order valence-corrected chi connectivity index (χ1v) is 5.10. The molecule has 86 valence electrons. The van der Waals surface area contributed by atoms with Crippen LogP contribution in [0.3, 0.4) is 0 Å². The summed E-state index contributed by atoms with van der Waals surface area (Å²) in [5.74, 6) is -1.26. The Kier molecular flexibility index (Phi) is 4.36. The van der Waals surface area contributed by atoms with Gasteiger partial charge in [0.25, 0.3) is 0 Å². The van der Waals surface area contributed by atoms with Crippen molar-refractivity contribution in [2.75, 3.05) is 26.2 Å². The van der Waals surface area contributed by atoms with Crippen molar-refractivity contribution in [1.82, 2.24) is 10.2 Å². The van der Waals surface area contributed by atoms with Gasteiger partial charge in [0.1, 0.15) is 0 Å². The molecule has 0 saturated carbocycles. The fourth-order valence-electron chi connectivity index (χ4n) is 1.65. The summed E-state index contributed by atoms with van der Waals surface area (Å²) in [5, 5.41) is 11.5. The molecule has 0 aromatic rings. The van der Waals surface area contributed by atoms with Crippen LogP contribution in [0.4, 0.5) is 4.79 Å². The van der Waals surface area contributed by atoms with Gasteiger partial charge in [-0.1, -0.05) is 0 Å². The number of carbonyl (C=O) groups is 2. The van der Waals surface area contributed by atoms with Crippen LogP contribution in [0.25, 0.3) is 0 Å². The topological polar surface area (TPSA) is 95.7 Å². The number of nitrogens with zero attached hydrogens (tertiary/aromatic N) is 1. The summed E-state index contributed by atoms with van der Waals surface area (Å²) in [5.41, 5.74) is 5.25. The molecule has 1 aliphatic heterocycles. The molecule has 0 aromatic carbocycles. The van der Waals surface area contributed by atoms with E-state index in [2.05, 4.69) is 5.32 Å². The Morgan fingerprint density at radius 3 is 2.87 bits per heavy atom. The molecule has 1 fully saturated rings. The second-order valence-corrected chi connectivity index (χ2v) is 3.64. The summed E-state index contributed by atoms with van der Waals surface area (Å²) in [4.78, 5) is 23.8. The first-order chi connectivity index (χ1) is 7.15. The smallest absolute Gasteiger partial charge is 0.317 e. The minimum atomic E-state index is -0.827. The summed E-state index contributed by atoms with van der Waals surface area (Å²) >= 11 is 0. The quantitative estimate of drug-likeness (QED) is 0.588. The van der Waals surface area contributed by atoms with Crippen LogP contribution in [0.1, 0.15) is 12.8 Å². The number of carbonyl (C=O) groups excluding carboxylic acids is 1. The van der Waals surface area contributed by atoms with Gasteiger partial charge in [0.05, 0.1) is 5.92 Å². The Balaban J connectivity index is 2.41. The van der Waals surface area contributed by atoms with Crippen molar-refractivity contribution in [2.24, 2.45) is 11.7 Å². The molecular weight excluding hydrogens is 198 g/mol. The second-order valence-electron chi connectivity index (χ2n) is 3.64. The fourth-order valence-corrected chi connectivity index (χ4v) is 1.65. The van der Waals surface area contributed by atoms with E-state index in [4.69, 9.17) is 10.8 Å². The molecule has 1 atom stereocenters. The lowest BCUT2D eigenvalue weighted by atomic mass is 9.99. The van der Waals surface area contributed by atoms with Crippen LogP contribution in [0.15, 0.2) is 0 Å². The zero-order chi connectivity index (χ0) is 11.3. The molecule has 2 amide bonds. The molecule has 0 unspecified atom stereocenters. The van der Waals surface area contributed by atoms with E-state index in [-0.39, 0.29) is 6.03 Å². The van der Waals surface area contributed by atoms with E-state index >= 15 is 0 Å². The van der Waals surface area contributed by atoms with Crippen LogP contribution in [-0.4, -0.2) is 48.2 Å². The average molecular weight is 215 g/mol. The summed E-state index contributed by atoms with van der Waals surface area (Å²) in [6, 6.07) is -0.216. The van der Waals surface area contributed by atoms with Gasteiger partial charge < -0.3 is 21.1 Å². The predicted octanol–water partition coefficient (Wildman–Crippen LogP) is -0.549. The van der Waals surface area contributed by atoms with Crippen LogP contribution in [0, 0.1) is 5.92 Å². The van der Waals surface area contributed by atoms with E-state index in [1.165, 1.54) is 4.90 Å². The summed E-state index contributed by atoms with van der Waals surface area (Å²) in [6.45, 7) is 1.74. The van der Waals surface area contributed by atoms with E-state index in [1.54, 1.807) is 0 Å². The lowest BCUT2D eigenvalue weighted by molar-refractivity contribution is -0.143. The van der Waals surface area contributed by atoms with Crippen molar-refractivity contribution in [3.05, 3.63) is 0 Å². The van der Waals surface area contributed by atoms with Gasteiger partial charge in [-0.2, -0.15) is 0 Å². The van der Waals surface area contributed by atoms with Gasteiger partial charge in [0, 0.05) is 26.2 Å². The normalized spacial score (nSPS) is 21.1. The van der Waals surface area contributed by atoms with Crippen molar-refractivity contribution in [3.8, 4) is 0 Å². The fraction of sp³-hybridized carbons (Fsp3) is 0.778. The highest BCUT2D eigenvalue weighted by Crippen LogP contribution is 2.16. The number of hydrogen-bond acceptors (Lipinski definition) is 3. The number of aliphatic carboxylic acids is 1. The highest BCUT2D eigenvalue weighted by Gasteiger charge is 2.27. The van der Waals surface area contributed by atoms with Crippen molar-refractivity contribution in [3.63, 3.8) is 0 Å². The number of carboxylic acid groups (broad SMARTS) is 1. The third-order valence-corrected chi connectivity index (χ3v) is 2.48. The highest BCUT2D eigenvalue weighted by molar-refractivity contribution is 5.76. The molecule has 15 heavy (non-hydrogen) atoms. The zero-order valence-corrected chi connectivity index (χ0v) is 8.61. The Labute approximate surface area is 88.4 Å². The predicted molar refractivity (Wildman–Crippen MR) is 54.4 cm³/mol. The highest BCUT2D eigenvalue weighted by atomic mass is 16.4. The van der Waals surface area contributed by atoms with Crippen LogP contribution in [-0.2, 0) is 4.79 Å². The molecule has 1 heterocycles. The third kappa shape index (κ3) is 3.39. The minimum Gasteiger partial charge on any atom is -0.481 e. The van der Waals surface area contributed by atoms with E-state index < -0.39 is 11.9 Å². The molecule has 0 radical (unpaired) electrons. The Bertz CT molecular complexity index is 245. The first kappa shape index (κ1) is 11.8. The number of nitrogens with one attached hydrogen (secondary N) is 1. The van der Waals surface area contributed by atoms with Gasteiger partial charge in [-0.3, -0.25) is 4.79 Å². The van der Waals surface area contributed by atoms with E-state index in [0.717, 1.165) is 6.42 Å². The third-order valence-electron chi connectivity index (χ3n) is 2.48. The molecule has 4 N–H and O–H groups in total. The molecule has 0 aliphatic carbocycles. The van der Waals surface area contributed by atoms with E-state index in [9.17, 15) is 9.59 Å². The Morgan fingerprint density at radius 2 is 2.27 bits per heavy atom. The molecular formula is C9H17N3O3. The largest absolute Gasteiger partial charge is 0.481 e. The molecule has 0 aromatic heterocycles. The zero-order valence-electron chi connectivity index (χ0n) is 8.61. The number of carboxylic acids is 1. The number of urea groups is 1. The minimum absolute atomic E-state index is 0.216. The molecule has 0 spiro atoms. The summed E-state index contributed by atoms with van der Waals surface area (Å²) in [6.07, 6.45) is 1.39. The van der Waals surface area contributed by atoms with Crippen LogP contribution in [0.5, 0.6) is 0 Å². The van der Waals surface area contributed by atoms with Crippen molar-refractivity contribution in [2.45, 2.75) is 12.8 Å². The van der Waals surface area contributed by atoms with Gasteiger partial charge in [-0.15, -0.1) is 0 Å². The molecule has 1 aliphatic rings. The van der Waals surface area contributed by atoms with Gasteiger partial charge in [0.15, 0.2) is 0 Å². The van der Waals surface area contributed by atoms with Crippen molar-refractivity contribution >= 4 is 12.0 Å². The number of piperidine rings is 1. The molecule has 6 heteroatoms. The van der Waals surface area contributed by atoms with Crippen LogP contribution >= 0.6 is 0 Å². The summed E-state index contributed by atoms with van der Waals surface area (Å²) in [7, 11) is 0. The maximum Gasteiger partial charge on any atom is 0.317 e. The number of rotatable bonds is 3. The molecule has 0 bridgehead atoms. The average Bonchev–Trinajstić information content (AvgIpc) is 2.26. The monoisotopic (exact) mass is 215 g/mol. The second kappa shape index (κ2) is 5.55. The van der Waals surface area contributed by atoms with Crippen molar-refractivity contribution in [1.29, 1.82) is 0 Å². The molecule has 1 rings (SSSR count). The van der Waals surface area contributed by atoms with Gasteiger partial charge in [-0.25, -0.2) is 4.79 Å². The lowest BCUT2D eigenvalue weighted by Crippen LogP contribution is -2.47. The number of nitrogens with two attached hydrogens (primary N) is 1. The SMILES string of the molecule is NCCNC(=O)N1CCC[C@H](C(=O)O)C1. The maximum absolute atomic E-state index is 11.5. The van der Waals surface area contributed by atoms with Gasteiger partial charge in [-0.05, 0) is 12.8 Å². The van der Waals surface area contributed by atoms with Gasteiger partial charge in [0.2, 0.25) is 0 Å². The Morgan fingerprint density at radius 1 is 1.53 bits per heavy atom. The van der Waals surface area contributed by atoms with Crippen LogP contribution in [0.2, 0.25) is 0 Å². The van der Waals surface area contributed by atoms with E-state index in [0.29, 0.717) is 32.6 Å². The summed E-state index contributed by atoms with van der Waals surface area (Å²) < 4.78 is 0. The lowest BCUT2D eigenvalue weighted by Gasteiger charge is -2.30. The van der Waals surface area contributed by atoms with E-state index in [1.807, 2.05) is 0 Å². The molecule has 1 saturated heterocycles.